The van der Waals surface area contributed by atoms with Crippen LogP contribution < -0.4 is 5.73 Å². The number of rotatable bonds is 2. The first-order chi connectivity index (χ1) is 16.9. The van der Waals surface area contributed by atoms with E-state index < -0.39 is 82.5 Å². The minimum absolute atomic E-state index is 0.118. The van der Waals surface area contributed by atoms with Gasteiger partial charge < -0.3 is 31.3 Å². The standard InChI is InChI=1S/C26H24FNO8/c1-9-16-12(10-2-4-11(27)5-3-10)6-7-14(29)18(16)22(32)20-17(9)21(31)13-8-15(30)19(25(28)35)23(33)26(13,36)24(20)34/h2-7,9,13,15,17,19,21,29-32,36H,8H2,1H3,(H2,28,35)/t9-,13+,15?,17+,19?,21+,26+/m0/s1. The van der Waals surface area contributed by atoms with Gasteiger partial charge in [-0.25, -0.2) is 4.39 Å². The Labute approximate surface area is 204 Å². The van der Waals surface area contributed by atoms with Crippen LogP contribution in [0.4, 0.5) is 4.39 Å². The first kappa shape index (κ1) is 24.1. The van der Waals surface area contributed by atoms with Gasteiger partial charge in [0, 0.05) is 17.4 Å². The molecule has 0 aliphatic heterocycles. The van der Waals surface area contributed by atoms with Crippen LogP contribution in [0.15, 0.2) is 42.0 Å². The Hall–Kier alpha value is -3.60. The third kappa shape index (κ3) is 3.01. The number of aliphatic hydroxyl groups excluding tert-OH is 3. The molecular weight excluding hydrogens is 473 g/mol. The van der Waals surface area contributed by atoms with E-state index in [1.165, 1.54) is 30.3 Å². The van der Waals surface area contributed by atoms with Crippen LogP contribution in [0.25, 0.3) is 16.9 Å². The number of phenols is 1. The topological polar surface area (TPSA) is 178 Å². The van der Waals surface area contributed by atoms with Crippen LogP contribution in [-0.2, 0) is 14.4 Å². The number of benzene rings is 2. The number of Topliss-reactive ketones (excluding diaryl/α,β-unsaturated/α-hetero) is 2. The van der Waals surface area contributed by atoms with Crippen molar-refractivity contribution in [1.82, 2.24) is 0 Å². The summed E-state index contributed by atoms with van der Waals surface area (Å²) in [5, 5.41) is 55.0. The monoisotopic (exact) mass is 497 g/mol. The summed E-state index contributed by atoms with van der Waals surface area (Å²) in [4.78, 5) is 38.6. The van der Waals surface area contributed by atoms with E-state index in [0.29, 0.717) is 16.7 Å². The first-order valence-electron chi connectivity index (χ1n) is 11.4. The molecule has 5 rings (SSSR count). The molecule has 2 saturated carbocycles. The maximum absolute atomic E-state index is 13.7. The number of primary amides is 1. The smallest absolute Gasteiger partial charge is 0.230 e. The number of aromatic hydroxyl groups is 1. The highest BCUT2D eigenvalue weighted by atomic mass is 19.1. The van der Waals surface area contributed by atoms with Crippen LogP contribution in [0, 0.1) is 23.6 Å². The van der Waals surface area contributed by atoms with Gasteiger partial charge in [0.05, 0.1) is 17.8 Å². The Kier molecular flexibility index (Phi) is 5.33. The van der Waals surface area contributed by atoms with Crippen LogP contribution in [0.1, 0.15) is 30.4 Å². The van der Waals surface area contributed by atoms with Gasteiger partial charge in [-0.05, 0) is 47.2 Å². The third-order valence-electron chi connectivity index (χ3n) is 7.95. The molecule has 7 N–H and O–H groups in total. The average Bonchev–Trinajstić information content (AvgIpc) is 2.82. The van der Waals surface area contributed by atoms with Gasteiger partial charge in [0.2, 0.25) is 11.7 Å². The summed E-state index contributed by atoms with van der Waals surface area (Å²) in [5.41, 5.74) is 3.19. The van der Waals surface area contributed by atoms with E-state index in [9.17, 15) is 44.3 Å². The van der Waals surface area contributed by atoms with E-state index in [0.717, 1.165) is 0 Å². The maximum Gasteiger partial charge on any atom is 0.230 e. The number of ketones is 2. The summed E-state index contributed by atoms with van der Waals surface area (Å²) < 4.78 is 13.5. The predicted molar refractivity (Wildman–Crippen MR) is 123 cm³/mol. The van der Waals surface area contributed by atoms with Gasteiger partial charge in [-0.15, -0.1) is 0 Å². The zero-order valence-electron chi connectivity index (χ0n) is 19.1. The van der Waals surface area contributed by atoms with Gasteiger partial charge >= 0.3 is 0 Å². The average molecular weight is 497 g/mol. The van der Waals surface area contributed by atoms with Crippen molar-refractivity contribution in [2.45, 2.75) is 37.1 Å². The molecule has 0 radical (unpaired) electrons. The molecule has 3 aliphatic carbocycles. The number of hydrogen-bond donors (Lipinski definition) is 6. The number of phenolic OH excluding ortho intramolecular Hbond substituents is 1. The zero-order valence-corrected chi connectivity index (χ0v) is 19.1. The van der Waals surface area contributed by atoms with Crippen molar-refractivity contribution in [3.63, 3.8) is 0 Å². The SMILES string of the molecule is C[C@H]1c2c(-c3ccc(F)cc3)ccc(O)c2C(O)=C2C(=O)[C@]3(O)C(=O)C(C(N)=O)C(O)C[C@@H]3[C@@H](O)[C@@H]21. The lowest BCUT2D eigenvalue weighted by Crippen LogP contribution is -2.70. The number of carbonyl (C=O) groups excluding carboxylic acids is 3. The molecule has 1 amide bonds. The van der Waals surface area contributed by atoms with Crippen molar-refractivity contribution in [2.24, 2.45) is 23.5 Å². The van der Waals surface area contributed by atoms with Gasteiger partial charge in [-0.2, -0.15) is 0 Å². The lowest BCUT2D eigenvalue weighted by molar-refractivity contribution is -0.186. The highest BCUT2D eigenvalue weighted by Gasteiger charge is 2.67. The van der Waals surface area contributed by atoms with E-state index in [1.807, 2.05) is 0 Å². The number of carbonyl (C=O) groups is 3. The molecule has 2 unspecified atom stereocenters. The molecule has 2 aromatic carbocycles. The van der Waals surface area contributed by atoms with Crippen molar-refractivity contribution >= 4 is 23.2 Å². The van der Waals surface area contributed by atoms with Crippen molar-refractivity contribution in [3.05, 3.63) is 58.9 Å². The number of halogens is 1. The Morgan fingerprint density at radius 3 is 2.33 bits per heavy atom. The second kappa shape index (κ2) is 7.95. The summed E-state index contributed by atoms with van der Waals surface area (Å²) in [6, 6.07) is 8.35. The molecule has 0 heterocycles. The largest absolute Gasteiger partial charge is 0.507 e. The Morgan fingerprint density at radius 2 is 1.72 bits per heavy atom. The Morgan fingerprint density at radius 1 is 1.08 bits per heavy atom. The number of amides is 1. The molecule has 10 heteroatoms. The quantitative estimate of drug-likeness (QED) is 0.332. The predicted octanol–water partition coefficient (Wildman–Crippen LogP) is 0.927. The molecule has 0 saturated heterocycles. The van der Waals surface area contributed by atoms with Crippen LogP contribution in [0.2, 0.25) is 0 Å². The molecule has 2 fully saturated rings. The van der Waals surface area contributed by atoms with E-state index in [2.05, 4.69) is 0 Å². The fourth-order valence-corrected chi connectivity index (χ4v) is 6.26. The summed E-state index contributed by atoms with van der Waals surface area (Å²) in [7, 11) is 0. The van der Waals surface area contributed by atoms with Crippen LogP contribution in [-0.4, -0.2) is 60.8 Å². The van der Waals surface area contributed by atoms with Crippen LogP contribution in [0.5, 0.6) is 5.75 Å². The Balaban J connectivity index is 1.75. The molecule has 188 valence electrons. The summed E-state index contributed by atoms with van der Waals surface area (Å²) in [6.07, 6.45) is -3.67. The van der Waals surface area contributed by atoms with Crippen molar-refractivity contribution in [2.75, 3.05) is 0 Å². The molecule has 2 aromatic rings. The molecular formula is C26H24FNO8. The zero-order chi connectivity index (χ0) is 26.3. The lowest BCUT2D eigenvalue weighted by atomic mass is 9.53. The lowest BCUT2D eigenvalue weighted by Gasteiger charge is -2.52. The van der Waals surface area contributed by atoms with Crippen LogP contribution >= 0.6 is 0 Å². The normalized spacial score (nSPS) is 33.6. The van der Waals surface area contributed by atoms with Crippen molar-refractivity contribution in [3.8, 4) is 16.9 Å². The molecule has 9 nitrogen and oxygen atoms in total. The maximum atomic E-state index is 13.7. The van der Waals surface area contributed by atoms with E-state index in [1.54, 1.807) is 13.0 Å². The fourth-order valence-electron chi connectivity index (χ4n) is 6.26. The number of fused-ring (bicyclic) bond motifs is 3. The molecule has 36 heavy (non-hydrogen) atoms. The molecule has 3 aliphatic rings. The van der Waals surface area contributed by atoms with Crippen molar-refractivity contribution < 1.29 is 44.3 Å². The van der Waals surface area contributed by atoms with E-state index in [-0.39, 0.29) is 11.3 Å². The highest BCUT2D eigenvalue weighted by molar-refractivity contribution is 6.25. The minimum Gasteiger partial charge on any atom is -0.507 e. The van der Waals surface area contributed by atoms with Crippen molar-refractivity contribution in [1.29, 1.82) is 0 Å². The number of nitrogens with two attached hydrogens (primary N) is 1. The van der Waals surface area contributed by atoms with Gasteiger partial charge in [0.1, 0.15) is 23.2 Å². The third-order valence-corrected chi connectivity index (χ3v) is 7.95. The van der Waals surface area contributed by atoms with Gasteiger partial charge in [0.15, 0.2) is 11.4 Å². The molecule has 0 bridgehead atoms. The number of aliphatic hydroxyl groups is 4. The molecule has 7 atom stereocenters. The highest BCUT2D eigenvalue weighted by Crippen LogP contribution is 2.56. The molecule has 0 spiro atoms. The van der Waals surface area contributed by atoms with E-state index >= 15 is 0 Å². The molecule has 0 aromatic heterocycles. The summed E-state index contributed by atoms with van der Waals surface area (Å²) >= 11 is 0. The van der Waals surface area contributed by atoms with E-state index in [4.69, 9.17) is 5.73 Å². The summed E-state index contributed by atoms with van der Waals surface area (Å²) in [6.45, 7) is 1.65. The second-order valence-corrected chi connectivity index (χ2v) is 9.74. The number of hydrogen-bond acceptors (Lipinski definition) is 8. The van der Waals surface area contributed by atoms with Gasteiger partial charge in [0.25, 0.3) is 0 Å². The van der Waals surface area contributed by atoms with Gasteiger partial charge in [-0.3, -0.25) is 14.4 Å². The minimum atomic E-state index is -2.90. The van der Waals surface area contributed by atoms with Gasteiger partial charge in [-0.1, -0.05) is 25.1 Å². The summed E-state index contributed by atoms with van der Waals surface area (Å²) in [5.74, 6) is -10.6. The first-order valence-corrected chi connectivity index (χ1v) is 11.4. The van der Waals surface area contributed by atoms with Crippen LogP contribution in [0.3, 0.4) is 0 Å². The fraction of sp³-hybridized carbons (Fsp3) is 0.346. The second-order valence-electron chi connectivity index (χ2n) is 9.74. The Bertz CT molecular complexity index is 1350.